The quantitative estimate of drug-likeness (QED) is 0.572. The van der Waals surface area contributed by atoms with Gasteiger partial charge in [-0.3, -0.25) is 4.79 Å². The third kappa shape index (κ3) is 9.36. The number of carbonyl (C=O) groups is 1. The Kier molecular flexibility index (Phi) is 14.4. The minimum absolute atomic E-state index is 0. The zero-order valence-electron chi connectivity index (χ0n) is 5.85. The molecule has 0 bridgehead atoms. The van der Waals surface area contributed by atoms with Crippen molar-refractivity contribution in [1.29, 1.82) is 0 Å². The number of alkyl halides is 1. The fourth-order valence-corrected chi connectivity index (χ4v) is 0.634. The van der Waals surface area contributed by atoms with Crippen molar-refractivity contribution in [1.82, 2.24) is 0 Å². The Bertz CT molecular complexity index is 87.8. The van der Waals surface area contributed by atoms with Crippen LogP contribution in [-0.2, 0) is 4.79 Å². The van der Waals surface area contributed by atoms with E-state index in [0.717, 1.165) is 6.42 Å². The number of hydrogen-bond acceptors (Lipinski definition) is 2. The second kappa shape index (κ2) is 10.4. The maximum Gasteiger partial charge on any atom is 0.147 e. The summed E-state index contributed by atoms with van der Waals surface area (Å²) in [4.78, 5) is 10.5. The Morgan fingerprint density at radius 3 is 2.40 bits per heavy atom. The molecule has 2 nitrogen and oxygen atoms in total. The number of rotatable bonds is 5. The predicted octanol–water partition coefficient (Wildman–Crippen LogP) is 0.957. The molecule has 4 heteroatoms. The fraction of sp³-hybridized carbons (Fsp3) is 0.833. The van der Waals surface area contributed by atoms with Crippen LogP contribution in [0.25, 0.3) is 0 Å². The molecule has 0 amide bonds. The van der Waals surface area contributed by atoms with Gasteiger partial charge >= 0.3 is 0 Å². The molecule has 0 heterocycles. The minimum Gasteiger partial charge on any atom is -0.396 e. The van der Waals surface area contributed by atoms with Gasteiger partial charge in [0.05, 0.1) is 5.88 Å². The Hall–Kier alpha value is 1.36. The molecule has 0 rings (SSSR count). The smallest absolute Gasteiger partial charge is 0.147 e. The van der Waals surface area contributed by atoms with Crippen LogP contribution < -0.4 is 0 Å². The number of Topliss-reactive ketones (excluding diaryl/α,β-unsaturated/α-hetero) is 1. The number of carbonyl (C=O) groups excluding carboxylic acids is 1. The summed E-state index contributed by atoms with van der Waals surface area (Å²) in [5.74, 6) is 0.163. The van der Waals surface area contributed by atoms with Gasteiger partial charge in [0, 0.05) is 57.1 Å². The van der Waals surface area contributed by atoms with Crippen LogP contribution in [-0.4, -0.2) is 23.4 Å². The Morgan fingerprint density at radius 1 is 1.40 bits per heavy atom. The van der Waals surface area contributed by atoms with E-state index in [1.807, 2.05) is 0 Å². The van der Waals surface area contributed by atoms with Gasteiger partial charge in [-0.1, -0.05) is 0 Å². The molecule has 0 aromatic rings. The van der Waals surface area contributed by atoms with Crippen molar-refractivity contribution in [3.63, 3.8) is 0 Å². The molecule has 0 aromatic heterocycles. The molecule has 0 saturated carbocycles. The molecule has 0 aliphatic heterocycles. The Balaban J connectivity index is 0. The summed E-state index contributed by atoms with van der Waals surface area (Å²) in [6, 6.07) is 0. The molecular formula is C6H11AcClO2. The zero-order chi connectivity index (χ0) is 7.11. The summed E-state index contributed by atoms with van der Waals surface area (Å²) in [5.41, 5.74) is 0. The summed E-state index contributed by atoms with van der Waals surface area (Å²) in [6.07, 6.45) is 1.95. The van der Waals surface area contributed by atoms with Gasteiger partial charge in [0.25, 0.3) is 0 Å². The van der Waals surface area contributed by atoms with Gasteiger partial charge in [0.1, 0.15) is 5.78 Å². The van der Waals surface area contributed by atoms with Crippen molar-refractivity contribution in [2.45, 2.75) is 19.3 Å². The second-order valence-electron chi connectivity index (χ2n) is 1.85. The SMILES string of the molecule is O=C(CCl)CCCCO.[Ac]. The number of halogens is 1. The third-order valence-corrected chi connectivity index (χ3v) is 1.31. The summed E-state index contributed by atoms with van der Waals surface area (Å²) in [7, 11) is 0. The normalized spacial score (nSPS) is 8.60. The van der Waals surface area contributed by atoms with Gasteiger partial charge in [-0.2, -0.15) is 0 Å². The largest absolute Gasteiger partial charge is 0.396 e. The molecule has 0 aliphatic rings. The van der Waals surface area contributed by atoms with E-state index in [1.165, 1.54) is 0 Å². The monoisotopic (exact) mass is 377 g/mol. The van der Waals surface area contributed by atoms with Crippen LogP contribution in [0.3, 0.4) is 0 Å². The van der Waals surface area contributed by atoms with Crippen LogP contribution in [0.1, 0.15) is 19.3 Å². The molecule has 0 saturated heterocycles. The molecule has 0 aliphatic carbocycles. The zero-order valence-corrected chi connectivity index (χ0v) is 11.3. The van der Waals surface area contributed by atoms with Gasteiger partial charge in [-0.05, 0) is 12.8 Å². The molecule has 0 unspecified atom stereocenters. The molecular weight excluding hydrogens is 367 g/mol. The van der Waals surface area contributed by atoms with E-state index >= 15 is 0 Å². The summed E-state index contributed by atoms with van der Waals surface area (Å²) < 4.78 is 0. The van der Waals surface area contributed by atoms with Gasteiger partial charge in [-0.15, -0.1) is 11.6 Å². The van der Waals surface area contributed by atoms with Crippen molar-refractivity contribution >= 4 is 17.4 Å². The molecule has 1 N–H and O–H groups in total. The first-order valence-electron chi connectivity index (χ1n) is 2.99. The van der Waals surface area contributed by atoms with Crippen LogP contribution in [0, 0.1) is 44.1 Å². The maximum absolute atomic E-state index is 10.5. The van der Waals surface area contributed by atoms with Gasteiger partial charge in [0.15, 0.2) is 0 Å². The van der Waals surface area contributed by atoms with E-state index in [2.05, 4.69) is 0 Å². The van der Waals surface area contributed by atoms with E-state index in [-0.39, 0.29) is 62.3 Å². The van der Waals surface area contributed by atoms with Crippen LogP contribution in [0.2, 0.25) is 0 Å². The first kappa shape index (κ1) is 13.9. The average molecular weight is 378 g/mol. The molecule has 0 fully saturated rings. The van der Waals surface area contributed by atoms with Crippen molar-refractivity contribution in [2.75, 3.05) is 12.5 Å². The van der Waals surface area contributed by atoms with Crippen molar-refractivity contribution < 1.29 is 54.0 Å². The van der Waals surface area contributed by atoms with Gasteiger partial charge in [-0.25, -0.2) is 0 Å². The van der Waals surface area contributed by atoms with Gasteiger partial charge < -0.3 is 5.11 Å². The number of aliphatic hydroxyl groups excluding tert-OH is 1. The molecule has 1 radical (unpaired) electrons. The standard InChI is InChI=1S/C6H11ClO2.Ac/c7-5-6(9)3-1-2-4-8;/h8H,1-5H2;. The van der Waals surface area contributed by atoms with E-state index in [4.69, 9.17) is 16.7 Å². The van der Waals surface area contributed by atoms with Crippen molar-refractivity contribution in [3.8, 4) is 0 Å². The summed E-state index contributed by atoms with van der Waals surface area (Å²) >= 11 is 5.22. The number of hydrogen-bond donors (Lipinski definition) is 1. The molecule has 57 valence electrons. The fourth-order valence-electron chi connectivity index (χ4n) is 0.501. The number of ketones is 1. The van der Waals surface area contributed by atoms with Gasteiger partial charge in [0.2, 0.25) is 0 Å². The molecule has 0 atom stereocenters. The first-order valence-corrected chi connectivity index (χ1v) is 3.53. The molecule has 0 spiro atoms. The van der Waals surface area contributed by atoms with E-state index in [9.17, 15) is 4.79 Å². The summed E-state index contributed by atoms with van der Waals surface area (Å²) in [5, 5.41) is 8.31. The summed E-state index contributed by atoms with van der Waals surface area (Å²) in [6.45, 7) is 0.162. The Labute approximate surface area is 102 Å². The van der Waals surface area contributed by atoms with Crippen molar-refractivity contribution in [2.24, 2.45) is 0 Å². The molecule has 10 heavy (non-hydrogen) atoms. The topological polar surface area (TPSA) is 37.3 Å². The van der Waals surface area contributed by atoms with Crippen molar-refractivity contribution in [3.05, 3.63) is 0 Å². The predicted molar refractivity (Wildman–Crippen MR) is 36.7 cm³/mol. The minimum atomic E-state index is 0. The molecule has 0 aromatic carbocycles. The number of unbranched alkanes of at least 4 members (excludes halogenated alkanes) is 1. The van der Waals surface area contributed by atoms with E-state index in [0.29, 0.717) is 12.8 Å². The average Bonchev–Trinajstić information content (AvgIpc) is 1.89. The maximum atomic E-state index is 10.5. The van der Waals surface area contributed by atoms with Crippen LogP contribution in [0.4, 0.5) is 0 Å². The Morgan fingerprint density at radius 2 is 2.00 bits per heavy atom. The van der Waals surface area contributed by atoms with E-state index in [1.54, 1.807) is 0 Å². The first-order chi connectivity index (χ1) is 4.31. The number of aliphatic hydroxyl groups is 1. The van der Waals surface area contributed by atoms with E-state index < -0.39 is 0 Å². The van der Waals surface area contributed by atoms with Crippen LogP contribution in [0.5, 0.6) is 0 Å². The van der Waals surface area contributed by atoms with Crippen LogP contribution in [0.15, 0.2) is 0 Å². The second-order valence-corrected chi connectivity index (χ2v) is 2.12. The third-order valence-electron chi connectivity index (χ3n) is 1.01. The van der Waals surface area contributed by atoms with Crippen LogP contribution >= 0.6 is 11.6 Å².